The number of hydrogen-bond donors (Lipinski definition) is 2. The highest BCUT2D eigenvalue weighted by Crippen LogP contribution is 2.07. The van der Waals surface area contributed by atoms with Crippen molar-refractivity contribution in [2.45, 2.75) is 18.9 Å². The Balaban J connectivity index is 1.87. The van der Waals surface area contributed by atoms with E-state index in [1.54, 1.807) is 11.3 Å². The Morgan fingerprint density at radius 1 is 1.64 bits per heavy atom. The zero-order valence-corrected chi connectivity index (χ0v) is 8.77. The molecule has 1 aromatic rings. The van der Waals surface area contributed by atoms with Gasteiger partial charge in [0.1, 0.15) is 0 Å². The molecule has 0 radical (unpaired) electrons. The number of amides is 1. The monoisotopic (exact) mass is 210 g/mol. The summed E-state index contributed by atoms with van der Waals surface area (Å²) in [6, 6.07) is 2.16. The normalized spacial score (nSPS) is 21.9. The first-order chi connectivity index (χ1) is 6.86. The largest absolute Gasteiger partial charge is 0.348 e. The maximum atomic E-state index is 11.6. The lowest BCUT2D eigenvalue weighted by molar-refractivity contribution is 0.0931. The number of thiophene rings is 1. The van der Waals surface area contributed by atoms with Crippen LogP contribution in [0, 0.1) is 0 Å². The number of piperidine rings is 1. The van der Waals surface area contributed by atoms with Gasteiger partial charge in [0.05, 0.1) is 0 Å². The number of rotatable bonds is 2. The van der Waals surface area contributed by atoms with Gasteiger partial charge in [0, 0.05) is 23.5 Å². The highest BCUT2D eigenvalue weighted by atomic mass is 32.1. The van der Waals surface area contributed by atoms with E-state index in [2.05, 4.69) is 10.6 Å². The van der Waals surface area contributed by atoms with Crippen LogP contribution in [0.15, 0.2) is 16.8 Å². The summed E-state index contributed by atoms with van der Waals surface area (Å²) in [5.41, 5.74) is 0.778. The molecule has 1 fully saturated rings. The fraction of sp³-hybridized carbons (Fsp3) is 0.500. The third-order valence-electron chi connectivity index (χ3n) is 2.42. The van der Waals surface area contributed by atoms with Crippen LogP contribution in [0.2, 0.25) is 0 Å². The van der Waals surface area contributed by atoms with Crippen LogP contribution in [0.4, 0.5) is 0 Å². The Hall–Kier alpha value is -0.870. The van der Waals surface area contributed by atoms with Crippen LogP contribution in [0.5, 0.6) is 0 Å². The molecule has 0 spiro atoms. The molecular weight excluding hydrogens is 196 g/mol. The Morgan fingerprint density at radius 3 is 3.21 bits per heavy atom. The maximum Gasteiger partial charge on any atom is 0.252 e. The predicted octanol–water partition coefficient (Wildman–Crippen LogP) is 1.23. The van der Waals surface area contributed by atoms with Gasteiger partial charge in [-0.05, 0) is 30.8 Å². The molecule has 2 rings (SSSR count). The second-order valence-electron chi connectivity index (χ2n) is 3.53. The van der Waals surface area contributed by atoms with Crippen molar-refractivity contribution in [1.29, 1.82) is 0 Å². The molecule has 1 amide bonds. The Labute approximate surface area is 87.5 Å². The first-order valence-electron chi connectivity index (χ1n) is 4.90. The van der Waals surface area contributed by atoms with Crippen LogP contribution in [0.1, 0.15) is 23.2 Å². The second-order valence-corrected chi connectivity index (χ2v) is 4.31. The molecule has 76 valence electrons. The van der Waals surface area contributed by atoms with Gasteiger partial charge in [-0.3, -0.25) is 4.79 Å². The number of hydrogen-bond acceptors (Lipinski definition) is 3. The van der Waals surface area contributed by atoms with Crippen LogP contribution in [-0.4, -0.2) is 25.0 Å². The Bertz CT molecular complexity index is 291. The standard InChI is InChI=1S/C10H14N2OS/c13-10(8-3-5-14-7-8)12-9-2-1-4-11-6-9/h3,5,7,9,11H,1-2,4,6H2,(H,12,13)/t9-/m0/s1. The van der Waals surface area contributed by atoms with Crippen molar-refractivity contribution in [3.63, 3.8) is 0 Å². The lowest BCUT2D eigenvalue weighted by Gasteiger charge is -2.23. The number of nitrogens with one attached hydrogen (secondary N) is 2. The van der Waals surface area contributed by atoms with Crippen molar-refractivity contribution in [1.82, 2.24) is 10.6 Å². The number of carbonyl (C=O) groups is 1. The molecule has 2 heterocycles. The lowest BCUT2D eigenvalue weighted by Crippen LogP contribution is -2.45. The minimum Gasteiger partial charge on any atom is -0.348 e. The third-order valence-corrected chi connectivity index (χ3v) is 3.10. The van der Waals surface area contributed by atoms with Crippen LogP contribution >= 0.6 is 11.3 Å². The van der Waals surface area contributed by atoms with Crippen LogP contribution in [0.3, 0.4) is 0 Å². The Kier molecular flexibility index (Phi) is 3.16. The smallest absolute Gasteiger partial charge is 0.252 e. The summed E-state index contributed by atoms with van der Waals surface area (Å²) in [7, 11) is 0. The molecule has 1 aromatic heterocycles. The van der Waals surface area contributed by atoms with Crippen molar-refractivity contribution in [2.75, 3.05) is 13.1 Å². The van der Waals surface area contributed by atoms with E-state index in [9.17, 15) is 4.79 Å². The van der Waals surface area contributed by atoms with Gasteiger partial charge in [0.25, 0.3) is 5.91 Å². The fourth-order valence-electron chi connectivity index (χ4n) is 1.64. The van der Waals surface area contributed by atoms with Crippen molar-refractivity contribution >= 4 is 17.2 Å². The highest BCUT2D eigenvalue weighted by Gasteiger charge is 2.15. The summed E-state index contributed by atoms with van der Waals surface area (Å²) in [4.78, 5) is 11.6. The van der Waals surface area contributed by atoms with Crippen molar-refractivity contribution in [2.24, 2.45) is 0 Å². The highest BCUT2D eigenvalue weighted by molar-refractivity contribution is 7.08. The molecular formula is C10H14N2OS. The van der Waals surface area contributed by atoms with Crippen molar-refractivity contribution < 1.29 is 4.79 Å². The van der Waals surface area contributed by atoms with E-state index in [-0.39, 0.29) is 5.91 Å². The summed E-state index contributed by atoms with van der Waals surface area (Å²) in [6.45, 7) is 1.97. The average Bonchev–Trinajstić information content (AvgIpc) is 2.72. The molecule has 14 heavy (non-hydrogen) atoms. The zero-order chi connectivity index (χ0) is 9.80. The Morgan fingerprint density at radius 2 is 2.57 bits per heavy atom. The quantitative estimate of drug-likeness (QED) is 0.771. The van der Waals surface area contributed by atoms with E-state index in [1.165, 1.54) is 0 Å². The first-order valence-corrected chi connectivity index (χ1v) is 5.84. The minimum absolute atomic E-state index is 0.0555. The SMILES string of the molecule is O=C(N[C@H]1CCCNC1)c1ccsc1. The zero-order valence-electron chi connectivity index (χ0n) is 7.95. The first kappa shape index (κ1) is 9.68. The fourth-order valence-corrected chi connectivity index (χ4v) is 2.27. The molecule has 0 bridgehead atoms. The summed E-state index contributed by atoms with van der Waals surface area (Å²) >= 11 is 1.55. The van der Waals surface area contributed by atoms with Gasteiger partial charge in [0.2, 0.25) is 0 Å². The third kappa shape index (κ3) is 2.33. The van der Waals surface area contributed by atoms with E-state index in [0.29, 0.717) is 6.04 Å². The van der Waals surface area contributed by atoms with E-state index >= 15 is 0 Å². The molecule has 0 aromatic carbocycles. The lowest BCUT2D eigenvalue weighted by atomic mass is 10.1. The van der Waals surface area contributed by atoms with Crippen molar-refractivity contribution in [3.8, 4) is 0 Å². The topological polar surface area (TPSA) is 41.1 Å². The molecule has 4 heteroatoms. The average molecular weight is 210 g/mol. The molecule has 0 saturated carbocycles. The van der Waals surface area contributed by atoms with E-state index in [0.717, 1.165) is 31.5 Å². The van der Waals surface area contributed by atoms with Gasteiger partial charge >= 0.3 is 0 Å². The molecule has 0 unspecified atom stereocenters. The number of carbonyl (C=O) groups excluding carboxylic acids is 1. The molecule has 0 aliphatic carbocycles. The molecule has 3 nitrogen and oxygen atoms in total. The van der Waals surface area contributed by atoms with Gasteiger partial charge in [-0.2, -0.15) is 11.3 Å². The summed E-state index contributed by atoms with van der Waals surface area (Å²) in [5.74, 6) is 0.0555. The van der Waals surface area contributed by atoms with Gasteiger partial charge < -0.3 is 10.6 Å². The molecule has 1 aliphatic rings. The molecule has 1 atom stereocenters. The van der Waals surface area contributed by atoms with Crippen LogP contribution in [0.25, 0.3) is 0 Å². The van der Waals surface area contributed by atoms with Gasteiger partial charge in [-0.1, -0.05) is 0 Å². The van der Waals surface area contributed by atoms with Crippen LogP contribution in [-0.2, 0) is 0 Å². The van der Waals surface area contributed by atoms with Crippen molar-refractivity contribution in [3.05, 3.63) is 22.4 Å². The maximum absolute atomic E-state index is 11.6. The van der Waals surface area contributed by atoms with E-state index < -0.39 is 0 Å². The summed E-state index contributed by atoms with van der Waals surface area (Å²) in [5, 5.41) is 10.1. The summed E-state index contributed by atoms with van der Waals surface area (Å²) in [6.07, 6.45) is 2.23. The summed E-state index contributed by atoms with van der Waals surface area (Å²) < 4.78 is 0. The minimum atomic E-state index is 0.0555. The molecule has 1 aliphatic heterocycles. The van der Waals surface area contributed by atoms with E-state index in [1.807, 2.05) is 16.8 Å². The van der Waals surface area contributed by atoms with E-state index in [4.69, 9.17) is 0 Å². The van der Waals surface area contributed by atoms with Gasteiger partial charge in [-0.25, -0.2) is 0 Å². The molecule has 2 N–H and O–H groups in total. The van der Waals surface area contributed by atoms with Gasteiger partial charge in [0.15, 0.2) is 0 Å². The predicted molar refractivity (Wildman–Crippen MR) is 57.7 cm³/mol. The van der Waals surface area contributed by atoms with Crippen LogP contribution < -0.4 is 10.6 Å². The van der Waals surface area contributed by atoms with Gasteiger partial charge in [-0.15, -0.1) is 0 Å². The second kappa shape index (κ2) is 4.57. The molecule has 1 saturated heterocycles.